The number of nitrogens with zero attached hydrogens (tertiary/aromatic N) is 2. The fraction of sp³-hybridized carbons (Fsp3) is 0.615. The van der Waals surface area contributed by atoms with Gasteiger partial charge in [0.1, 0.15) is 0 Å². The minimum Gasteiger partial charge on any atom is -0.389 e. The lowest BCUT2D eigenvalue weighted by Crippen LogP contribution is -2.36. The Morgan fingerprint density at radius 1 is 1.35 bits per heavy atom. The van der Waals surface area contributed by atoms with Gasteiger partial charge in [0.15, 0.2) is 4.96 Å². The van der Waals surface area contributed by atoms with Crippen molar-refractivity contribution in [2.75, 3.05) is 0 Å². The average molecular weight is 248 g/mol. The lowest BCUT2D eigenvalue weighted by atomic mass is 9.87. The van der Waals surface area contributed by atoms with Crippen molar-refractivity contribution < 1.29 is 5.11 Å². The van der Waals surface area contributed by atoms with E-state index in [2.05, 4.69) is 15.6 Å². The van der Waals surface area contributed by atoms with Crippen molar-refractivity contribution in [3.63, 3.8) is 0 Å². The fourth-order valence-electron chi connectivity index (χ4n) is 2.94. The molecule has 17 heavy (non-hydrogen) atoms. The molecule has 0 spiro atoms. The van der Waals surface area contributed by atoms with E-state index >= 15 is 0 Å². The Morgan fingerprint density at radius 3 is 2.65 bits per heavy atom. The van der Waals surface area contributed by atoms with Crippen molar-refractivity contribution in [3.8, 4) is 0 Å². The van der Waals surface area contributed by atoms with Gasteiger partial charge in [-0.25, -0.2) is 4.98 Å². The Hall–Kier alpha value is -0.870. The third-order valence-electron chi connectivity index (χ3n) is 4.18. The average Bonchev–Trinajstić information content (AvgIpc) is 3.18. The molecule has 0 saturated heterocycles. The number of rotatable bonds is 4. The predicted octanol–water partition coefficient (Wildman–Crippen LogP) is 2.49. The highest BCUT2D eigenvalue weighted by molar-refractivity contribution is 7.15. The Morgan fingerprint density at radius 2 is 2.06 bits per heavy atom. The number of imidazole rings is 1. The summed E-state index contributed by atoms with van der Waals surface area (Å²) in [5.74, 6) is 1.07. The molecule has 2 aromatic heterocycles. The molecule has 0 unspecified atom stereocenters. The monoisotopic (exact) mass is 248 g/mol. The first-order valence-corrected chi connectivity index (χ1v) is 7.27. The molecule has 0 radical (unpaired) electrons. The van der Waals surface area contributed by atoms with E-state index in [1.807, 2.05) is 11.6 Å². The van der Waals surface area contributed by atoms with Gasteiger partial charge in [0, 0.05) is 24.2 Å². The van der Waals surface area contributed by atoms with Gasteiger partial charge < -0.3 is 5.11 Å². The highest BCUT2D eigenvalue weighted by Crippen LogP contribution is 2.53. The maximum absolute atomic E-state index is 10.9. The summed E-state index contributed by atoms with van der Waals surface area (Å²) in [6, 6.07) is 0. The van der Waals surface area contributed by atoms with Crippen molar-refractivity contribution in [2.24, 2.45) is 11.8 Å². The smallest absolute Gasteiger partial charge is 0.193 e. The molecule has 4 heteroatoms. The van der Waals surface area contributed by atoms with Gasteiger partial charge in [-0.1, -0.05) is 0 Å². The number of fused-ring (bicyclic) bond motifs is 1. The summed E-state index contributed by atoms with van der Waals surface area (Å²) in [4.78, 5) is 5.64. The lowest BCUT2D eigenvalue weighted by Gasteiger charge is -2.27. The van der Waals surface area contributed by atoms with Crippen LogP contribution in [0.4, 0.5) is 0 Å². The molecule has 0 aromatic carbocycles. The van der Waals surface area contributed by atoms with Crippen LogP contribution < -0.4 is 0 Å². The Balaban J connectivity index is 1.64. The summed E-state index contributed by atoms with van der Waals surface area (Å²) in [7, 11) is 0. The zero-order chi connectivity index (χ0) is 11.5. The minimum absolute atomic E-state index is 0.454. The van der Waals surface area contributed by atoms with E-state index in [-0.39, 0.29) is 0 Å². The van der Waals surface area contributed by atoms with Crippen LogP contribution in [0.5, 0.6) is 0 Å². The van der Waals surface area contributed by atoms with Gasteiger partial charge in [-0.3, -0.25) is 4.40 Å². The largest absolute Gasteiger partial charge is 0.389 e. The van der Waals surface area contributed by atoms with Crippen LogP contribution in [0.25, 0.3) is 4.96 Å². The van der Waals surface area contributed by atoms with Crippen molar-refractivity contribution in [3.05, 3.63) is 23.5 Å². The molecule has 4 rings (SSSR count). The van der Waals surface area contributed by atoms with Crippen LogP contribution in [0.1, 0.15) is 31.4 Å². The van der Waals surface area contributed by atoms with Gasteiger partial charge in [0.2, 0.25) is 0 Å². The third kappa shape index (κ3) is 1.62. The van der Waals surface area contributed by atoms with E-state index < -0.39 is 5.60 Å². The number of aliphatic hydroxyl groups is 1. The van der Waals surface area contributed by atoms with Gasteiger partial charge in [0.25, 0.3) is 0 Å². The number of aromatic nitrogens is 2. The standard InChI is InChI=1S/C13H16N2OS/c16-13(9-1-2-9,10-3-4-10)7-11-8-15-5-6-17-12(15)14-11/h5-6,8-10,16H,1-4,7H2. The van der Waals surface area contributed by atoms with Gasteiger partial charge in [-0.2, -0.15) is 0 Å². The highest BCUT2D eigenvalue weighted by atomic mass is 32.1. The van der Waals surface area contributed by atoms with Crippen LogP contribution in [-0.2, 0) is 6.42 Å². The normalized spacial score (nSPS) is 21.2. The van der Waals surface area contributed by atoms with Gasteiger partial charge >= 0.3 is 0 Å². The SMILES string of the molecule is OC(Cc1cn2ccsc2n1)(C1CC1)C1CC1. The van der Waals surface area contributed by atoms with Crippen molar-refractivity contribution in [2.45, 2.75) is 37.7 Å². The minimum atomic E-state index is -0.454. The van der Waals surface area contributed by atoms with Crippen LogP contribution in [0, 0.1) is 11.8 Å². The van der Waals surface area contributed by atoms with Crippen LogP contribution in [-0.4, -0.2) is 20.1 Å². The Labute approximate surface area is 104 Å². The van der Waals surface area contributed by atoms with E-state index in [1.54, 1.807) is 11.3 Å². The molecule has 0 amide bonds. The zero-order valence-electron chi connectivity index (χ0n) is 9.67. The van der Waals surface area contributed by atoms with Crippen LogP contribution >= 0.6 is 11.3 Å². The summed E-state index contributed by atoms with van der Waals surface area (Å²) in [6.45, 7) is 0. The third-order valence-corrected chi connectivity index (χ3v) is 4.95. The molecule has 90 valence electrons. The number of thiazole rings is 1. The van der Waals surface area contributed by atoms with E-state index in [1.165, 1.54) is 25.7 Å². The van der Waals surface area contributed by atoms with Gasteiger partial charge in [-0.05, 0) is 37.5 Å². The van der Waals surface area contributed by atoms with Crippen LogP contribution in [0.2, 0.25) is 0 Å². The summed E-state index contributed by atoms with van der Waals surface area (Å²) in [5, 5.41) is 12.9. The first-order chi connectivity index (χ1) is 8.25. The Bertz CT molecular complexity index is 510. The number of hydrogen-bond acceptors (Lipinski definition) is 3. The molecule has 2 heterocycles. The molecular formula is C13H16N2OS. The van der Waals surface area contributed by atoms with E-state index in [0.717, 1.165) is 17.1 Å². The van der Waals surface area contributed by atoms with E-state index in [0.29, 0.717) is 11.8 Å². The second-order valence-electron chi connectivity index (χ2n) is 5.54. The topological polar surface area (TPSA) is 37.5 Å². The molecular weight excluding hydrogens is 232 g/mol. The highest BCUT2D eigenvalue weighted by Gasteiger charge is 2.53. The van der Waals surface area contributed by atoms with Gasteiger partial charge in [-0.15, -0.1) is 11.3 Å². The van der Waals surface area contributed by atoms with Crippen molar-refractivity contribution >= 4 is 16.3 Å². The van der Waals surface area contributed by atoms with Crippen molar-refractivity contribution in [1.29, 1.82) is 0 Å². The maximum Gasteiger partial charge on any atom is 0.193 e. The summed E-state index contributed by atoms with van der Waals surface area (Å²) in [5.41, 5.74) is 0.600. The maximum atomic E-state index is 10.9. The molecule has 2 aliphatic carbocycles. The predicted molar refractivity (Wildman–Crippen MR) is 67.2 cm³/mol. The second-order valence-corrected chi connectivity index (χ2v) is 6.41. The van der Waals surface area contributed by atoms with Crippen LogP contribution in [0.3, 0.4) is 0 Å². The molecule has 2 aliphatic rings. The molecule has 2 fully saturated rings. The summed E-state index contributed by atoms with van der Waals surface area (Å²) >= 11 is 1.65. The molecule has 0 bridgehead atoms. The lowest BCUT2D eigenvalue weighted by molar-refractivity contribution is -0.00526. The summed E-state index contributed by atoms with van der Waals surface area (Å²) < 4.78 is 2.06. The Kier molecular flexibility index (Phi) is 1.97. The number of hydrogen-bond donors (Lipinski definition) is 1. The fourth-order valence-corrected chi connectivity index (χ4v) is 3.66. The molecule has 1 N–H and O–H groups in total. The van der Waals surface area contributed by atoms with Crippen molar-refractivity contribution in [1.82, 2.24) is 9.38 Å². The van der Waals surface area contributed by atoms with Gasteiger partial charge in [0.05, 0.1) is 11.3 Å². The summed E-state index contributed by atoms with van der Waals surface area (Å²) in [6.07, 6.45) is 9.66. The molecule has 2 saturated carbocycles. The first kappa shape index (κ1) is 10.1. The first-order valence-electron chi connectivity index (χ1n) is 6.39. The molecule has 3 nitrogen and oxygen atoms in total. The zero-order valence-corrected chi connectivity index (χ0v) is 10.5. The second kappa shape index (κ2) is 3.33. The molecule has 0 aliphatic heterocycles. The molecule has 2 aromatic rings. The quantitative estimate of drug-likeness (QED) is 0.902. The molecule has 0 atom stereocenters. The van der Waals surface area contributed by atoms with E-state index in [4.69, 9.17) is 0 Å². The van der Waals surface area contributed by atoms with E-state index in [9.17, 15) is 5.11 Å². The van der Waals surface area contributed by atoms with Crippen LogP contribution in [0.15, 0.2) is 17.8 Å².